The second-order valence-corrected chi connectivity index (χ2v) is 6.42. The van der Waals surface area contributed by atoms with Crippen LogP contribution in [0.1, 0.15) is 16.1 Å². The van der Waals surface area contributed by atoms with Crippen molar-refractivity contribution in [2.75, 3.05) is 7.11 Å². The summed E-state index contributed by atoms with van der Waals surface area (Å²) in [6, 6.07) is 6.97. The Balaban J connectivity index is 2.60. The summed E-state index contributed by atoms with van der Waals surface area (Å²) in [5, 5.41) is -0.721. The van der Waals surface area contributed by atoms with E-state index >= 15 is 0 Å². The normalized spacial score (nSPS) is 11.3. The molecule has 20 heavy (non-hydrogen) atoms. The summed E-state index contributed by atoms with van der Waals surface area (Å²) in [7, 11) is 2.08. The zero-order valence-electron chi connectivity index (χ0n) is 10.6. The summed E-state index contributed by atoms with van der Waals surface area (Å²) in [4.78, 5) is 15.4. The number of halogens is 1. The lowest BCUT2D eigenvalue weighted by atomic mass is 10.1. The molecule has 0 radical (unpaired) electrons. The molecule has 0 amide bonds. The van der Waals surface area contributed by atoms with E-state index in [4.69, 9.17) is 15.1 Å². The fraction of sp³-hybridized carbons (Fsp3) is 0.167. The van der Waals surface area contributed by atoms with Crippen LogP contribution in [0.15, 0.2) is 33.8 Å². The number of esters is 1. The lowest BCUT2D eigenvalue weighted by Gasteiger charge is -1.95. The Kier molecular flexibility index (Phi) is 3.82. The highest BCUT2D eigenvalue weighted by Crippen LogP contribution is 2.28. The van der Waals surface area contributed by atoms with Crippen molar-refractivity contribution >= 4 is 25.7 Å². The molecule has 0 saturated heterocycles. The Morgan fingerprint density at radius 3 is 2.40 bits per heavy atom. The van der Waals surface area contributed by atoms with Gasteiger partial charge in [0, 0.05) is 16.2 Å². The minimum atomic E-state index is -4.24. The minimum Gasteiger partial charge on any atom is -0.464 e. The van der Waals surface area contributed by atoms with Crippen LogP contribution in [0.3, 0.4) is 0 Å². The number of oxazole rings is 1. The zero-order chi connectivity index (χ0) is 14.9. The Morgan fingerprint density at radius 2 is 1.90 bits per heavy atom. The summed E-state index contributed by atoms with van der Waals surface area (Å²) in [6.45, 7) is 1.90. The van der Waals surface area contributed by atoms with Crippen LogP contribution >= 0.6 is 10.7 Å². The molecule has 0 bridgehead atoms. The van der Waals surface area contributed by atoms with Crippen molar-refractivity contribution in [2.45, 2.75) is 12.0 Å². The molecule has 0 aliphatic carbocycles. The minimum absolute atomic E-state index is 0.0235. The number of hydrogen-bond acceptors (Lipinski definition) is 6. The fourth-order valence-corrected chi connectivity index (χ4v) is 2.37. The Hall–Kier alpha value is -1.86. The molecule has 0 atom stereocenters. The van der Waals surface area contributed by atoms with Crippen LogP contribution in [0.5, 0.6) is 0 Å². The van der Waals surface area contributed by atoms with E-state index in [1.54, 1.807) is 24.3 Å². The van der Waals surface area contributed by atoms with Gasteiger partial charge in [0.15, 0.2) is 0 Å². The van der Waals surface area contributed by atoms with Crippen molar-refractivity contribution < 1.29 is 22.4 Å². The number of benzene rings is 1. The largest absolute Gasteiger partial charge is 0.464 e. The van der Waals surface area contributed by atoms with E-state index in [0.29, 0.717) is 5.56 Å². The molecule has 0 fully saturated rings. The van der Waals surface area contributed by atoms with Gasteiger partial charge in [-0.05, 0) is 19.1 Å². The SMILES string of the molecule is COC(=O)c1nc(-c2ccc(C)cc2)oc1S(=O)(=O)Cl. The smallest absolute Gasteiger partial charge is 0.361 e. The van der Waals surface area contributed by atoms with Gasteiger partial charge in [0.25, 0.3) is 14.1 Å². The van der Waals surface area contributed by atoms with Crippen LogP contribution in [0.4, 0.5) is 0 Å². The molecule has 6 nitrogen and oxygen atoms in total. The predicted molar refractivity (Wildman–Crippen MR) is 71.1 cm³/mol. The van der Waals surface area contributed by atoms with Crippen LogP contribution in [-0.2, 0) is 13.8 Å². The van der Waals surface area contributed by atoms with Crippen molar-refractivity contribution in [3.8, 4) is 11.5 Å². The average Bonchev–Trinajstić information content (AvgIpc) is 2.83. The average molecular weight is 316 g/mol. The molecule has 8 heteroatoms. The lowest BCUT2D eigenvalue weighted by Crippen LogP contribution is -2.06. The molecule has 1 heterocycles. The van der Waals surface area contributed by atoms with Crippen molar-refractivity contribution in [2.24, 2.45) is 0 Å². The van der Waals surface area contributed by atoms with Gasteiger partial charge in [0.05, 0.1) is 7.11 Å². The van der Waals surface area contributed by atoms with Crippen LogP contribution in [-0.4, -0.2) is 26.5 Å². The maximum Gasteiger partial charge on any atom is 0.361 e. The van der Waals surface area contributed by atoms with Gasteiger partial charge in [0.1, 0.15) is 0 Å². The molecule has 2 aromatic rings. The number of nitrogens with zero attached hydrogens (tertiary/aromatic N) is 1. The molecule has 0 unspecified atom stereocenters. The Bertz CT molecular complexity index is 749. The van der Waals surface area contributed by atoms with E-state index in [-0.39, 0.29) is 5.89 Å². The molecule has 2 rings (SSSR count). The number of aromatic nitrogens is 1. The van der Waals surface area contributed by atoms with Crippen LogP contribution < -0.4 is 0 Å². The Morgan fingerprint density at radius 1 is 1.30 bits per heavy atom. The number of carbonyl (C=O) groups excluding carboxylic acids is 1. The van der Waals surface area contributed by atoms with Gasteiger partial charge < -0.3 is 9.15 Å². The number of hydrogen-bond donors (Lipinski definition) is 0. The third kappa shape index (κ3) is 2.83. The first-order valence-corrected chi connectivity index (χ1v) is 7.74. The zero-order valence-corrected chi connectivity index (χ0v) is 12.2. The molecule has 1 aromatic carbocycles. The van der Waals surface area contributed by atoms with Gasteiger partial charge in [-0.3, -0.25) is 0 Å². The first-order chi connectivity index (χ1) is 9.32. The van der Waals surface area contributed by atoms with Gasteiger partial charge in [-0.1, -0.05) is 17.7 Å². The number of aryl methyl sites for hydroxylation is 1. The molecule has 106 valence electrons. The molecule has 0 N–H and O–H groups in total. The number of rotatable bonds is 3. The summed E-state index contributed by atoms with van der Waals surface area (Å²) in [5.74, 6) is -0.962. The molecular formula is C12H10ClNO5S. The van der Waals surface area contributed by atoms with Crippen molar-refractivity contribution in [3.05, 3.63) is 35.5 Å². The summed E-state index contributed by atoms with van der Waals surface area (Å²) in [6.07, 6.45) is 0. The van der Waals surface area contributed by atoms with Crippen molar-refractivity contribution in [1.82, 2.24) is 4.98 Å². The Labute approximate surface area is 119 Å². The van der Waals surface area contributed by atoms with Gasteiger partial charge in [-0.25, -0.2) is 18.2 Å². The van der Waals surface area contributed by atoms with Gasteiger partial charge in [0.2, 0.25) is 11.6 Å². The number of methoxy groups -OCH3 is 1. The maximum absolute atomic E-state index is 11.5. The van der Waals surface area contributed by atoms with Gasteiger partial charge in [-0.15, -0.1) is 0 Å². The van der Waals surface area contributed by atoms with Crippen LogP contribution in [0.2, 0.25) is 0 Å². The van der Waals surface area contributed by atoms with E-state index in [2.05, 4.69) is 9.72 Å². The first-order valence-electron chi connectivity index (χ1n) is 5.44. The summed E-state index contributed by atoms with van der Waals surface area (Å²) in [5.41, 5.74) is 1.06. The molecule has 0 spiro atoms. The third-order valence-corrected chi connectivity index (χ3v) is 3.63. The molecule has 0 saturated carbocycles. The molecule has 1 aromatic heterocycles. The highest BCUT2D eigenvalue weighted by Gasteiger charge is 2.29. The second kappa shape index (κ2) is 5.26. The van der Waals surface area contributed by atoms with E-state index in [1.807, 2.05) is 6.92 Å². The van der Waals surface area contributed by atoms with E-state index in [9.17, 15) is 13.2 Å². The topological polar surface area (TPSA) is 86.5 Å². The summed E-state index contributed by atoms with van der Waals surface area (Å²) >= 11 is 0. The quantitative estimate of drug-likeness (QED) is 0.638. The highest BCUT2D eigenvalue weighted by molar-refractivity contribution is 8.13. The summed E-state index contributed by atoms with van der Waals surface area (Å²) < 4.78 is 32.3. The second-order valence-electron chi connectivity index (χ2n) is 3.95. The lowest BCUT2D eigenvalue weighted by molar-refractivity contribution is 0.0587. The van der Waals surface area contributed by atoms with E-state index in [1.165, 1.54) is 0 Å². The monoisotopic (exact) mass is 315 g/mol. The van der Waals surface area contributed by atoms with E-state index < -0.39 is 25.8 Å². The maximum atomic E-state index is 11.5. The third-order valence-electron chi connectivity index (χ3n) is 2.49. The van der Waals surface area contributed by atoms with Crippen LogP contribution in [0, 0.1) is 6.92 Å². The van der Waals surface area contributed by atoms with Gasteiger partial charge >= 0.3 is 5.97 Å². The number of carbonyl (C=O) groups is 1. The van der Waals surface area contributed by atoms with Crippen LogP contribution in [0.25, 0.3) is 11.5 Å². The predicted octanol–water partition coefficient (Wildman–Crippen LogP) is 2.36. The van der Waals surface area contributed by atoms with Crippen molar-refractivity contribution in [3.63, 3.8) is 0 Å². The molecule has 0 aliphatic rings. The molecular weight excluding hydrogens is 306 g/mol. The standard InChI is InChI=1S/C12H10ClNO5S/c1-7-3-5-8(6-4-7)10-14-9(11(15)18-2)12(19-10)20(13,16)17/h3-6H,1-2H3. The number of ether oxygens (including phenoxy) is 1. The first kappa shape index (κ1) is 14.5. The fourth-order valence-electron chi connectivity index (χ4n) is 1.52. The van der Waals surface area contributed by atoms with Gasteiger partial charge in [-0.2, -0.15) is 0 Å². The van der Waals surface area contributed by atoms with Crippen molar-refractivity contribution in [1.29, 1.82) is 0 Å². The van der Waals surface area contributed by atoms with E-state index in [0.717, 1.165) is 12.7 Å². The molecule has 0 aliphatic heterocycles. The highest BCUT2D eigenvalue weighted by atomic mass is 35.7.